The number of nitrogens with one attached hydrogen (secondary N) is 1. The topological polar surface area (TPSA) is 47.6 Å². The molecule has 0 saturated heterocycles. The number of hydrogen-bond donors (Lipinski definition) is 1. The molecule has 0 aliphatic heterocycles. The molecular formula is C17H25NO3. The van der Waals surface area contributed by atoms with Crippen molar-refractivity contribution in [3.05, 3.63) is 29.3 Å². The van der Waals surface area contributed by atoms with Gasteiger partial charge in [-0.2, -0.15) is 0 Å². The summed E-state index contributed by atoms with van der Waals surface area (Å²) in [6.45, 7) is 6.32. The van der Waals surface area contributed by atoms with E-state index in [2.05, 4.69) is 5.32 Å². The summed E-state index contributed by atoms with van der Waals surface area (Å²) in [6, 6.07) is 5.94. The van der Waals surface area contributed by atoms with E-state index in [9.17, 15) is 4.79 Å². The molecule has 1 aromatic rings. The minimum atomic E-state index is -0.0860. The van der Waals surface area contributed by atoms with Crippen molar-refractivity contribution >= 4 is 5.91 Å². The minimum Gasteiger partial charge on any atom is -0.484 e. The molecule has 1 saturated carbocycles. The second-order valence-electron chi connectivity index (χ2n) is 5.78. The average molecular weight is 291 g/mol. The Morgan fingerprint density at radius 2 is 2.14 bits per heavy atom. The number of carbonyl (C=O) groups excluding carboxylic acids is 1. The number of carbonyl (C=O) groups is 1. The molecule has 0 radical (unpaired) electrons. The van der Waals surface area contributed by atoms with E-state index in [1.165, 1.54) is 18.4 Å². The molecule has 1 fully saturated rings. The summed E-state index contributed by atoms with van der Waals surface area (Å²) in [5, 5.41) is 2.84. The first kappa shape index (κ1) is 15.8. The van der Waals surface area contributed by atoms with Gasteiger partial charge in [0.2, 0.25) is 0 Å². The summed E-state index contributed by atoms with van der Waals surface area (Å²) in [5.74, 6) is 1.48. The van der Waals surface area contributed by atoms with Crippen LogP contribution in [-0.2, 0) is 9.53 Å². The largest absolute Gasteiger partial charge is 0.484 e. The first-order valence-electron chi connectivity index (χ1n) is 7.69. The fourth-order valence-electron chi connectivity index (χ4n) is 2.09. The Balaban J connectivity index is 1.54. The fourth-order valence-corrected chi connectivity index (χ4v) is 2.09. The van der Waals surface area contributed by atoms with Crippen LogP contribution in [0.5, 0.6) is 5.75 Å². The highest BCUT2D eigenvalue weighted by Gasteiger charge is 2.20. The molecule has 1 aliphatic rings. The summed E-state index contributed by atoms with van der Waals surface area (Å²) in [7, 11) is 0. The monoisotopic (exact) mass is 291 g/mol. The lowest BCUT2D eigenvalue weighted by molar-refractivity contribution is -0.123. The Hall–Kier alpha value is -1.55. The van der Waals surface area contributed by atoms with Gasteiger partial charge in [-0.15, -0.1) is 0 Å². The van der Waals surface area contributed by atoms with E-state index in [0.29, 0.717) is 13.2 Å². The van der Waals surface area contributed by atoms with E-state index >= 15 is 0 Å². The maximum Gasteiger partial charge on any atom is 0.257 e. The fraction of sp³-hybridized carbons (Fsp3) is 0.588. The van der Waals surface area contributed by atoms with Crippen molar-refractivity contribution in [1.82, 2.24) is 5.32 Å². The maximum absolute atomic E-state index is 11.7. The van der Waals surface area contributed by atoms with E-state index in [-0.39, 0.29) is 12.5 Å². The van der Waals surface area contributed by atoms with E-state index in [4.69, 9.17) is 9.47 Å². The molecule has 0 bridgehead atoms. The number of amides is 1. The van der Waals surface area contributed by atoms with Crippen LogP contribution < -0.4 is 10.1 Å². The summed E-state index contributed by atoms with van der Waals surface area (Å²) in [6.07, 6.45) is 3.47. The van der Waals surface area contributed by atoms with Crippen molar-refractivity contribution in [2.75, 3.05) is 26.4 Å². The Labute approximate surface area is 126 Å². The lowest BCUT2D eigenvalue weighted by Crippen LogP contribution is -2.30. The molecule has 21 heavy (non-hydrogen) atoms. The van der Waals surface area contributed by atoms with Gasteiger partial charge >= 0.3 is 0 Å². The predicted octanol–water partition coefficient (Wildman–Crippen LogP) is 2.62. The molecule has 1 N–H and O–H groups in total. The zero-order chi connectivity index (χ0) is 15.1. The van der Waals surface area contributed by atoms with Gasteiger partial charge in [0.1, 0.15) is 5.75 Å². The van der Waals surface area contributed by atoms with Crippen LogP contribution in [0.25, 0.3) is 0 Å². The molecule has 4 heteroatoms. The Kier molecular flexibility index (Phi) is 6.05. The van der Waals surface area contributed by atoms with Crippen molar-refractivity contribution in [3.8, 4) is 5.75 Å². The number of aryl methyl sites for hydroxylation is 2. The number of hydrogen-bond acceptors (Lipinski definition) is 3. The molecule has 1 aromatic carbocycles. The van der Waals surface area contributed by atoms with Crippen LogP contribution in [-0.4, -0.2) is 32.3 Å². The quantitative estimate of drug-likeness (QED) is 0.711. The molecule has 4 nitrogen and oxygen atoms in total. The molecule has 116 valence electrons. The van der Waals surface area contributed by atoms with Gasteiger partial charge in [-0.3, -0.25) is 4.79 Å². The second-order valence-corrected chi connectivity index (χ2v) is 5.78. The first-order chi connectivity index (χ1) is 10.1. The zero-order valence-electron chi connectivity index (χ0n) is 13.0. The summed E-state index contributed by atoms with van der Waals surface area (Å²) in [4.78, 5) is 11.7. The van der Waals surface area contributed by atoms with Crippen LogP contribution in [0.4, 0.5) is 0 Å². The summed E-state index contributed by atoms with van der Waals surface area (Å²) >= 11 is 0. The lowest BCUT2D eigenvalue weighted by atomic mass is 10.1. The van der Waals surface area contributed by atoms with Crippen molar-refractivity contribution in [1.29, 1.82) is 0 Å². The second kappa shape index (κ2) is 8.03. The van der Waals surface area contributed by atoms with Crippen molar-refractivity contribution in [2.24, 2.45) is 5.92 Å². The van der Waals surface area contributed by atoms with Crippen LogP contribution in [0.15, 0.2) is 18.2 Å². The Morgan fingerprint density at radius 3 is 2.86 bits per heavy atom. The highest BCUT2D eigenvalue weighted by Crippen LogP contribution is 2.28. The number of benzene rings is 1. The van der Waals surface area contributed by atoms with Gasteiger partial charge in [-0.05, 0) is 50.7 Å². The van der Waals surface area contributed by atoms with Gasteiger partial charge < -0.3 is 14.8 Å². The first-order valence-corrected chi connectivity index (χ1v) is 7.69. The molecular weight excluding hydrogens is 266 g/mol. The van der Waals surface area contributed by atoms with E-state index in [1.807, 2.05) is 32.0 Å². The normalized spacial score (nSPS) is 14.0. The van der Waals surface area contributed by atoms with Crippen molar-refractivity contribution in [2.45, 2.75) is 33.1 Å². The van der Waals surface area contributed by atoms with Crippen LogP contribution in [0.1, 0.15) is 30.4 Å². The van der Waals surface area contributed by atoms with Crippen LogP contribution in [0.3, 0.4) is 0 Å². The smallest absolute Gasteiger partial charge is 0.257 e. The van der Waals surface area contributed by atoms with Gasteiger partial charge in [0.15, 0.2) is 6.61 Å². The number of ether oxygens (including phenoxy) is 2. The third-order valence-corrected chi connectivity index (χ3v) is 3.53. The molecule has 0 unspecified atom stereocenters. The summed E-state index contributed by atoms with van der Waals surface area (Å²) in [5.41, 5.74) is 2.24. The molecule has 1 aliphatic carbocycles. The predicted molar refractivity (Wildman–Crippen MR) is 82.6 cm³/mol. The van der Waals surface area contributed by atoms with Crippen molar-refractivity contribution in [3.63, 3.8) is 0 Å². The van der Waals surface area contributed by atoms with Gasteiger partial charge in [0.05, 0.1) is 0 Å². The van der Waals surface area contributed by atoms with E-state index in [1.54, 1.807) is 0 Å². The van der Waals surface area contributed by atoms with Crippen molar-refractivity contribution < 1.29 is 14.3 Å². The highest BCUT2D eigenvalue weighted by atomic mass is 16.5. The van der Waals surface area contributed by atoms with Gasteiger partial charge in [0.25, 0.3) is 5.91 Å². The van der Waals surface area contributed by atoms with Gasteiger partial charge in [-0.25, -0.2) is 0 Å². The molecule has 2 rings (SSSR count). The van der Waals surface area contributed by atoms with E-state index < -0.39 is 0 Å². The molecule has 0 spiro atoms. The standard InChI is InChI=1S/C17H25NO3/c1-13-4-7-16(14(2)10-13)21-12-17(19)18-8-3-9-20-11-15-5-6-15/h4,7,10,15H,3,5-6,8-9,11-12H2,1-2H3,(H,18,19). The van der Waals surface area contributed by atoms with Gasteiger partial charge in [-0.1, -0.05) is 17.7 Å². The molecule has 0 aromatic heterocycles. The third-order valence-electron chi connectivity index (χ3n) is 3.53. The Morgan fingerprint density at radius 1 is 1.33 bits per heavy atom. The lowest BCUT2D eigenvalue weighted by Gasteiger charge is -2.10. The Bertz CT molecular complexity index is 469. The molecule has 1 amide bonds. The van der Waals surface area contributed by atoms with Gasteiger partial charge in [0, 0.05) is 19.8 Å². The third kappa shape index (κ3) is 6.17. The zero-order valence-corrected chi connectivity index (χ0v) is 13.0. The van der Waals surface area contributed by atoms with Crippen LogP contribution in [0, 0.1) is 19.8 Å². The average Bonchev–Trinajstić information content (AvgIpc) is 3.26. The van der Waals surface area contributed by atoms with Crippen LogP contribution >= 0.6 is 0 Å². The number of rotatable bonds is 9. The SMILES string of the molecule is Cc1ccc(OCC(=O)NCCCOCC2CC2)c(C)c1. The van der Waals surface area contributed by atoms with Crippen LogP contribution in [0.2, 0.25) is 0 Å². The molecule has 0 atom stereocenters. The molecule has 0 heterocycles. The summed E-state index contributed by atoms with van der Waals surface area (Å²) < 4.78 is 11.0. The maximum atomic E-state index is 11.7. The van der Waals surface area contributed by atoms with E-state index in [0.717, 1.165) is 30.3 Å². The highest BCUT2D eigenvalue weighted by molar-refractivity contribution is 5.77. The minimum absolute atomic E-state index is 0.0623.